The van der Waals surface area contributed by atoms with Gasteiger partial charge in [0.1, 0.15) is 23.7 Å². The number of halogens is 2. The maximum atomic E-state index is 15.1. The van der Waals surface area contributed by atoms with E-state index >= 15 is 4.39 Å². The van der Waals surface area contributed by atoms with Crippen LogP contribution in [0.3, 0.4) is 0 Å². The smallest absolute Gasteiger partial charge is 0.433 e. The third-order valence-electron chi connectivity index (χ3n) is 5.28. The number of anilines is 1. The standard InChI is InChI=1S/C22H26F2N4O2/c1-12-13(2)27-19-14(9-25)8-17(24)20(18(12)19)28-7-6-16(23)15(11-28)10-26-21(29)30-22(3,4)5/h8,10,15-16,27H,6-7,11H2,1-5H3/b26-10+/t15?,16-/m1/s1. The van der Waals surface area contributed by atoms with E-state index < -0.39 is 29.6 Å². The molecule has 0 saturated carbocycles. The molecule has 160 valence electrons. The Balaban J connectivity index is 1.94. The van der Waals surface area contributed by atoms with Crippen LogP contribution in [-0.2, 0) is 4.74 Å². The summed E-state index contributed by atoms with van der Waals surface area (Å²) in [5, 5.41) is 10.0. The molecular formula is C22H26F2N4O2. The fraction of sp³-hybridized carbons (Fsp3) is 0.500. The first-order valence-electron chi connectivity index (χ1n) is 9.89. The molecule has 1 unspecified atom stereocenters. The van der Waals surface area contributed by atoms with Crippen LogP contribution in [0, 0.1) is 36.9 Å². The van der Waals surface area contributed by atoms with Crippen LogP contribution in [0.1, 0.15) is 44.0 Å². The lowest BCUT2D eigenvalue weighted by atomic mass is 9.95. The molecule has 0 spiro atoms. The number of ether oxygens (including phenoxy) is 1. The largest absolute Gasteiger partial charge is 0.442 e. The second-order valence-electron chi connectivity index (χ2n) is 8.66. The van der Waals surface area contributed by atoms with Gasteiger partial charge in [-0.2, -0.15) is 10.3 Å². The van der Waals surface area contributed by atoms with Crippen molar-refractivity contribution in [2.75, 3.05) is 18.0 Å². The number of H-pyrrole nitrogens is 1. The van der Waals surface area contributed by atoms with Crippen LogP contribution in [-0.4, -0.2) is 42.2 Å². The summed E-state index contributed by atoms with van der Waals surface area (Å²) in [6, 6.07) is 3.23. The highest BCUT2D eigenvalue weighted by Crippen LogP contribution is 2.38. The number of carbonyl (C=O) groups is 1. The van der Waals surface area contributed by atoms with E-state index in [2.05, 4.69) is 9.98 Å². The maximum absolute atomic E-state index is 15.1. The van der Waals surface area contributed by atoms with E-state index in [4.69, 9.17) is 4.74 Å². The molecule has 8 heteroatoms. The molecule has 1 saturated heterocycles. The van der Waals surface area contributed by atoms with Gasteiger partial charge in [0, 0.05) is 36.3 Å². The number of hydrogen-bond acceptors (Lipinski definition) is 4. The van der Waals surface area contributed by atoms with E-state index in [1.165, 1.54) is 12.3 Å². The zero-order valence-corrected chi connectivity index (χ0v) is 17.8. The molecule has 2 aromatic rings. The molecule has 1 fully saturated rings. The van der Waals surface area contributed by atoms with Gasteiger partial charge >= 0.3 is 6.09 Å². The van der Waals surface area contributed by atoms with Crippen LogP contribution in [0.15, 0.2) is 11.1 Å². The quantitative estimate of drug-likeness (QED) is 0.701. The Morgan fingerprint density at radius 3 is 2.77 bits per heavy atom. The fourth-order valence-electron chi connectivity index (χ4n) is 3.74. The number of nitriles is 1. The summed E-state index contributed by atoms with van der Waals surface area (Å²) in [5.74, 6) is -1.21. The lowest BCUT2D eigenvalue weighted by Crippen LogP contribution is -2.43. The summed E-state index contributed by atoms with van der Waals surface area (Å²) in [6.07, 6.45) is -0.540. The Bertz CT molecular complexity index is 1050. The van der Waals surface area contributed by atoms with Crippen LogP contribution in [0.5, 0.6) is 0 Å². The lowest BCUT2D eigenvalue weighted by molar-refractivity contribution is 0.0604. The van der Waals surface area contributed by atoms with Crippen molar-refractivity contribution >= 4 is 28.9 Å². The van der Waals surface area contributed by atoms with E-state index in [0.29, 0.717) is 23.1 Å². The second kappa shape index (κ2) is 8.05. The number of aliphatic imine (C=N–C) groups is 1. The topological polar surface area (TPSA) is 81.5 Å². The minimum Gasteiger partial charge on any atom is -0.442 e. The van der Waals surface area contributed by atoms with E-state index in [9.17, 15) is 14.4 Å². The second-order valence-corrected chi connectivity index (χ2v) is 8.66. The van der Waals surface area contributed by atoms with Gasteiger partial charge in [-0.05, 0) is 52.7 Å². The number of aromatic nitrogens is 1. The molecule has 3 rings (SSSR count). The summed E-state index contributed by atoms with van der Waals surface area (Å²) in [7, 11) is 0. The fourth-order valence-corrected chi connectivity index (χ4v) is 3.74. The average Bonchev–Trinajstić information content (AvgIpc) is 2.94. The molecule has 30 heavy (non-hydrogen) atoms. The van der Waals surface area contributed by atoms with Crippen molar-refractivity contribution in [3.05, 3.63) is 28.7 Å². The van der Waals surface area contributed by atoms with E-state index in [1.54, 1.807) is 25.7 Å². The predicted octanol–water partition coefficient (Wildman–Crippen LogP) is 4.97. The number of benzene rings is 1. The van der Waals surface area contributed by atoms with Crippen LogP contribution in [0.25, 0.3) is 10.9 Å². The zero-order chi connectivity index (χ0) is 22.2. The van der Waals surface area contributed by atoms with Gasteiger partial charge in [0.15, 0.2) is 0 Å². The first-order valence-corrected chi connectivity index (χ1v) is 9.89. The van der Waals surface area contributed by atoms with Crippen molar-refractivity contribution in [2.24, 2.45) is 10.9 Å². The summed E-state index contributed by atoms with van der Waals surface area (Å²) in [5.41, 5.74) is 2.14. The number of hydrogen-bond donors (Lipinski definition) is 1. The van der Waals surface area contributed by atoms with Crippen molar-refractivity contribution in [1.29, 1.82) is 5.26 Å². The van der Waals surface area contributed by atoms with Gasteiger partial charge in [0.25, 0.3) is 0 Å². The normalized spacial score (nSPS) is 20.0. The third kappa shape index (κ3) is 4.30. The molecule has 1 aromatic carbocycles. The number of aromatic amines is 1. The van der Waals surface area contributed by atoms with Gasteiger partial charge in [-0.25, -0.2) is 13.6 Å². The number of nitrogens with zero attached hydrogens (tertiary/aromatic N) is 3. The summed E-state index contributed by atoms with van der Waals surface area (Å²) in [4.78, 5) is 20.5. The number of rotatable bonds is 2. The van der Waals surface area contributed by atoms with Crippen molar-refractivity contribution < 1.29 is 18.3 Å². The number of amides is 1. The summed E-state index contributed by atoms with van der Waals surface area (Å²) >= 11 is 0. The molecule has 1 aromatic heterocycles. The van der Waals surface area contributed by atoms with Gasteiger partial charge in [-0.15, -0.1) is 0 Å². The summed E-state index contributed by atoms with van der Waals surface area (Å²) < 4.78 is 34.7. The van der Waals surface area contributed by atoms with Crippen molar-refractivity contribution in [2.45, 2.75) is 52.8 Å². The Labute approximate surface area is 174 Å². The van der Waals surface area contributed by atoms with E-state index in [-0.39, 0.29) is 18.5 Å². The highest BCUT2D eigenvalue weighted by molar-refractivity contribution is 5.99. The maximum Gasteiger partial charge on any atom is 0.433 e. The Hall–Kier alpha value is -2.95. The molecule has 1 aliphatic rings. The lowest BCUT2D eigenvalue weighted by Gasteiger charge is -2.35. The molecular weight excluding hydrogens is 390 g/mol. The van der Waals surface area contributed by atoms with E-state index in [1.807, 2.05) is 19.9 Å². The first kappa shape index (κ1) is 21.8. The van der Waals surface area contributed by atoms with Gasteiger partial charge < -0.3 is 14.6 Å². The Morgan fingerprint density at radius 1 is 1.43 bits per heavy atom. The molecule has 1 amide bonds. The molecule has 6 nitrogen and oxygen atoms in total. The number of carbonyl (C=O) groups excluding carboxylic acids is 1. The monoisotopic (exact) mass is 416 g/mol. The van der Waals surface area contributed by atoms with Crippen molar-refractivity contribution in [3.8, 4) is 6.07 Å². The predicted molar refractivity (Wildman–Crippen MR) is 112 cm³/mol. The van der Waals surface area contributed by atoms with Gasteiger partial charge in [0.2, 0.25) is 0 Å². The molecule has 2 heterocycles. The number of piperidine rings is 1. The average molecular weight is 416 g/mol. The van der Waals surface area contributed by atoms with Gasteiger partial charge in [-0.3, -0.25) is 0 Å². The number of aryl methyl sites for hydroxylation is 2. The minimum absolute atomic E-state index is 0.162. The van der Waals surface area contributed by atoms with Crippen molar-refractivity contribution in [1.82, 2.24) is 4.98 Å². The Kier molecular flexibility index (Phi) is 5.84. The minimum atomic E-state index is -1.20. The number of nitrogens with one attached hydrogen (secondary N) is 1. The van der Waals surface area contributed by atoms with Crippen LogP contribution >= 0.6 is 0 Å². The third-order valence-corrected chi connectivity index (χ3v) is 5.28. The number of fused-ring (bicyclic) bond motifs is 1. The molecule has 2 atom stereocenters. The Morgan fingerprint density at radius 2 is 2.13 bits per heavy atom. The molecule has 0 aliphatic carbocycles. The van der Waals surface area contributed by atoms with Gasteiger partial charge in [-0.1, -0.05) is 0 Å². The molecule has 1 aliphatic heterocycles. The molecule has 0 radical (unpaired) electrons. The van der Waals surface area contributed by atoms with Crippen LogP contribution in [0.4, 0.5) is 19.3 Å². The summed E-state index contributed by atoms with van der Waals surface area (Å²) in [6.45, 7) is 9.38. The first-order chi connectivity index (χ1) is 14.0. The van der Waals surface area contributed by atoms with Crippen LogP contribution in [0.2, 0.25) is 0 Å². The number of alkyl halides is 1. The van der Waals surface area contributed by atoms with Crippen LogP contribution < -0.4 is 4.90 Å². The van der Waals surface area contributed by atoms with Gasteiger partial charge in [0.05, 0.1) is 16.8 Å². The van der Waals surface area contributed by atoms with E-state index in [0.717, 1.165) is 11.3 Å². The highest BCUT2D eigenvalue weighted by atomic mass is 19.1. The zero-order valence-electron chi connectivity index (χ0n) is 17.8. The highest BCUT2D eigenvalue weighted by Gasteiger charge is 2.32. The molecule has 1 N–H and O–H groups in total. The SMILES string of the molecule is Cc1[nH]c2c(C#N)cc(F)c(N3CC[C@@H](F)C(/C=N/C(=O)OC(C)(C)C)C3)c2c1C. The molecule has 0 bridgehead atoms. The van der Waals surface area contributed by atoms with Crippen molar-refractivity contribution in [3.63, 3.8) is 0 Å².